The molecule has 1 rings (SSSR count). The summed E-state index contributed by atoms with van der Waals surface area (Å²) in [5, 5.41) is 11.2. The first kappa shape index (κ1) is 14.7. The van der Waals surface area contributed by atoms with Crippen LogP contribution in [0.4, 0.5) is 0 Å². The van der Waals surface area contributed by atoms with Crippen LogP contribution in [0.3, 0.4) is 0 Å². The smallest absolute Gasteiger partial charge is 0.328 e. The number of carbonyl (C=O) groups is 2. The van der Waals surface area contributed by atoms with Gasteiger partial charge in [-0.2, -0.15) is 0 Å². The lowest BCUT2D eigenvalue weighted by molar-refractivity contribution is -0.141. The van der Waals surface area contributed by atoms with Crippen LogP contribution in [0.1, 0.15) is 13.3 Å². The molecule has 8 heteroatoms. The van der Waals surface area contributed by atoms with E-state index >= 15 is 0 Å². The average Bonchev–Trinajstić information content (AvgIpc) is 2.33. The Morgan fingerprint density at radius 1 is 1.47 bits per heavy atom. The first-order valence-corrected chi connectivity index (χ1v) is 5.73. The second kappa shape index (κ2) is 6.53. The minimum Gasteiger partial charge on any atom is -0.481 e. The summed E-state index contributed by atoms with van der Waals surface area (Å²) in [6, 6.07) is 1.13. The minimum absolute atomic E-state index is 0.00275. The van der Waals surface area contributed by atoms with Crippen molar-refractivity contribution in [2.24, 2.45) is 5.92 Å². The molecule has 0 bridgehead atoms. The summed E-state index contributed by atoms with van der Waals surface area (Å²) in [6.45, 7) is 1.44. The Labute approximate surface area is 108 Å². The van der Waals surface area contributed by atoms with Crippen LogP contribution in [0.2, 0.25) is 0 Å². The van der Waals surface area contributed by atoms with E-state index in [0.717, 1.165) is 10.6 Å². The molecular weight excluding hydrogens is 254 g/mol. The molecule has 1 heterocycles. The topological polar surface area (TPSA) is 121 Å². The van der Waals surface area contributed by atoms with Crippen LogP contribution >= 0.6 is 0 Å². The van der Waals surface area contributed by atoms with Gasteiger partial charge in [0.1, 0.15) is 6.54 Å². The van der Waals surface area contributed by atoms with Crippen molar-refractivity contribution in [2.75, 3.05) is 6.54 Å². The largest absolute Gasteiger partial charge is 0.481 e. The molecule has 0 saturated heterocycles. The average molecular weight is 269 g/mol. The van der Waals surface area contributed by atoms with Crippen molar-refractivity contribution < 1.29 is 14.7 Å². The monoisotopic (exact) mass is 269 g/mol. The SMILES string of the molecule is CCC(CNC(=O)Cn1ccc(=O)[nH]c1=O)C(=O)O. The highest BCUT2D eigenvalue weighted by molar-refractivity contribution is 5.77. The summed E-state index contributed by atoms with van der Waals surface area (Å²) < 4.78 is 1.03. The quantitative estimate of drug-likeness (QED) is 0.596. The van der Waals surface area contributed by atoms with Gasteiger partial charge in [0.25, 0.3) is 5.56 Å². The molecule has 1 aromatic rings. The summed E-state index contributed by atoms with van der Waals surface area (Å²) >= 11 is 0. The number of aromatic amines is 1. The van der Waals surface area contributed by atoms with Crippen molar-refractivity contribution in [1.29, 1.82) is 0 Å². The van der Waals surface area contributed by atoms with Gasteiger partial charge in [0, 0.05) is 18.8 Å². The summed E-state index contributed by atoms with van der Waals surface area (Å²) in [5.41, 5.74) is -1.23. The first-order valence-electron chi connectivity index (χ1n) is 5.73. The maximum Gasteiger partial charge on any atom is 0.328 e. The predicted molar refractivity (Wildman–Crippen MR) is 65.7 cm³/mol. The van der Waals surface area contributed by atoms with Gasteiger partial charge in [-0.05, 0) is 6.42 Å². The number of hydrogen-bond acceptors (Lipinski definition) is 4. The van der Waals surface area contributed by atoms with Crippen molar-refractivity contribution in [3.63, 3.8) is 0 Å². The first-order chi connectivity index (χ1) is 8.93. The molecule has 1 atom stereocenters. The number of carboxylic acid groups (broad SMARTS) is 1. The van der Waals surface area contributed by atoms with Gasteiger partial charge in [-0.1, -0.05) is 6.92 Å². The third-order valence-electron chi connectivity index (χ3n) is 2.60. The number of H-pyrrole nitrogens is 1. The predicted octanol–water partition coefficient (Wildman–Crippen LogP) is -1.24. The van der Waals surface area contributed by atoms with Crippen LogP contribution in [0.5, 0.6) is 0 Å². The number of nitrogens with zero attached hydrogens (tertiary/aromatic N) is 1. The van der Waals surface area contributed by atoms with Gasteiger partial charge in [-0.15, -0.1) is 0 Å². The number of carbonyl (C=O) groups excluding carboxylic acids is 1. The van der Waals surface area contributed by atoms with Crippen LogP contribution < -0.4 is 16.6 Å². The van der Waals surface area contributed by atoms with E-state index in [4.69, 9.17) is 5.11 Å². The fraction of sp³-hybridized carbons (Fsp3) is 0.455. The highest BCUT2D eigenvalue weighted by Gasteiger charge is 2.16. The molecule has 0 aromatic carbocycles. The van der Waals surface area contributed by atoms with Crippen LogP contribution in [-0.4, -0.2) is 33.1 Å². The molecule has 0 radical (unpaired) electrons. The standard InChI is InChI=1S/C11H15N3O5/c1-2-7(10(17)18)5-12-9(16)6-14-4-3-8(15)13-11(14)19/h3-4,7H,2,5-6H2,1H3,(H,12,16)(H,17,18)(H,13,15,19). The van der Waals surface area contributed by atoms with Crippen molar-refractivity contribution >= 4 is 11.9 Å². The lowest BCUT2D eigenvalue weighted by Crippen LogP contribution is -2.38. The Morgan fingerprint density at radius 2 is 2.16 bits per heavy atom. The van der Waals surface area contributed by atoms with E-state index in [1.54, 1.807) is 6.92 Å². The van der Waals surface area contributed by atoms with Crippen LogP contribution in [0.25, 0.3) is 0 Å². The van der Waals surface area contributed by atoms with E-state index in [0.29, 0.717) is 6.42 Å². The van der Waals surface area contributed by atoms with E-state index in [-0.39, 0.29) is 13.1 Å². The molecule has 1 unspecified atom stereocenters. The van der Waals surface area contributed by atoms with Gasteiger partial charge >= 0.3 is 11.7 Å². The van der Waals surface area contributed by atoms with Crippen molar-refractivity contribution in [2.45, 2.75) is 19.9 Å². The number of carboxylic acids is 1. The maximum atomic E-state index is 11.5. The van der Waals surface area contributed by atoms with E-state index in [1.165, 1.54) is 6.20 Å². The number of amides is 1. The van der Waals surface area contributed by atoms with Gasteiger partial charge in [0.2, 0.25) is 5.91 Å². The van der Waals surface area contributed by atoms with Crippen LogP contribution in [-0.2, 0) is 16.1 Å². The fourth-order valence-corrected chi connectivity index (χ4v) is 1.42. The Balaban J connectivity index is 2.58. The molecule has 0 saturated carbocycles. The lowest BCUT2D eigenvalue weighted by Gasteiger charge is -2.11. The molecule has 0 spiro atoms. The maximum absolute atomic E-state index is 11.5. The number of hydrogen-bond donors (Lipinski definition) is 3. The van der Waals surface area contributed by atoms with Gasteiger partial charge in [-0.25, -0.2) is 4.79 Å². The van der Waals surface area contributed by atoms with Crippen molar-refractivity contribution in [3.8, 4) is 0 Å². The summed E-state index contributed by atoms with van der Waals surface area (Å²) in [5.74, 6) is -2.13. The highest BCUT2D eigenvalue weighted by Crippen LogP contribution is 2.00. The van der Waals surface area contributed by atoms with Gasteiger partial charge in [0.15, 0.2) is 0 Å². The summed E-state index contributed by atoms with van der Waals surface area (Å²) in [4.78, 5) is 46.4. The normalized spacial score (nSPS) is 11.8. The summed E-state index contributed by atoms with van der Waals surface area (Å²) in [6.07, 6.45) is 1.60. The zero-order valence-corrected chi connectivity index (χ0v) is 10.4. The molecule has 104 valence electrons. The van der Waals surface area contributed by atoms with Crippen LogP contribution in [0.15, 0.2) is 21.9 Å². The molecular formula is C11H15N3O5. The van der Waals surface area contributed by atoms with Crippen LogP contribution in [0, 0.1) is 5.92 Å². The Morgan fingerprint density at radius 3 is 2.68 bits per heavy atom. The number of aromatic nitrogens is 2. The molecule has 19 heavy (non-hydrogen) atoms. The zero-order chi connectivity index (χ0) is 14.4. The van der Waals surface area contributed by atoms with E-state index in [1.807, 2.05) is 4.98 Å². The number of nitrogens with one attached hydrogen (secondary N) is 2. The van der Waals surface area contributed by atoms with Gasteiger partial charge in [0.05, 0.1) is 5.92 Å². The summed E-state index contributed by atoms with van der Waals surface area (Å²) in [7, 11) is 0. The third-order valence-corrected chi connectivity index (χ3v) is 2.60. The molecule has 3 N–H and O–H groups in total. The Bertz CT molecular complexity index is 574. The minimum atomic E-state index is -0.982. The molecule has 0 aliphatic rings. The Kier molecular flexibility index (Phi) is 5.04. The van der Waals surface area contributed by atoms with E-state index in [2.05, 4.69) is 5.32 Å². The zero-order valence-electron chi connectivity index (χ0n) is 10.4. The number of rotatable bonds is 6. The van der Waals surface area contributed by atoms with Gasteiger partial charge in [-0.3, -0.25) is 23.9 Å². The Hall–Kier alpha value is -2.38. The molecule has 0 aliphatic heterocycles. The lowest BCUT2D eigenvalue weighted by atomic mass is 10.1. The third kappa shape index (κ3) is 4.41. The fourth-order valence-electron chi connectivity index (χ4n) is 1.42. The molecule has 0 fully saturated rings. The van der Waals surface area contributed by atoms with E-state index < -0.39 is 29.0 Å². The van der Waals surface area contributed by atoms with Crippen molar-refractivity contribution in [1.82, 2.24) is 14.9 Å². The molecule has 8 nitrogen and oxygen atoms in total. The van der Waals surface area contributed by atoms with E-state index in [9.17, 15) is 19.2 Å². The second-order valence-corrected chi connectivity index (χ2v) is 3.99. The molecule has 0 aliphatic carbocycles. The van der Waals surface area contributed by atoms with Crippen molar-refractivity contribution in [3.05, 3.63) is 33.1 Å². The molecule has 1 aromatic heterocycles. The second-order valence-electron chi connectivity index (χ2n) is 3.99. The molecule has 1 amide bonds. The van der Waals surface area contributed by atoms with Gasteiger partial charge < -0.3 is 10.4 Å². The highest BCUT2D eigenvalue weighted by atomic mass is 16.4. The number of aliphatic carboxylic acids is 1.